The molecule has 1 amide bonds. The number of hydrogen-bond acceptors (Lipinski definition) is 5. The third kappa shape index (κ3) is 5.09. The molecule has 34 heavy (non-hydrogen) atoms. The van der Waals surface area contributed by atoms with Crippen LogP contribution < -0.4 is 21.3 Å². The van der Waals surface area contributed by atoms with E-state index in [1.54, 1.807) is 36.4 Å². The number of halogens is 3. The number of anilines is 2. The van der Waals surface area contributed by atoms with Crippen molar-refractivity contribution in [3.63, 3.8) is 0 Å². The van der Waals surface area contributed by atoms with Gasteiger partial charge in [-0.1, -0.05) is 24.3 Å². The first kappa shape index (κ1) is 23.8. The molecule has 0 spiro atoms. The zero-order valence-corrected chi connectivity index (χ0v) is 19.1. The second-order valence-corrected chi connectivity index (χ2v) is 8.85. The number of nitrogens with two attached hydrogens (primary N) is 1. The van der Waals surface area contributed by atoms with Gasteiger partial charge in [-0.3, -0.25) is 4.79 Å². The van der Waals surface area contributed by atoms with Crippen molar-refractivity contribution in [3.05, 3.63) is 65.9 Å². The van der Waals surface area contributed by atoms with Gasteiger partial charge in [0.2, 0.25) is 0 Å². The van der Waals surface area contributed by atoms with E-state index in [0.717, 1.165) is 18.2 Å². The third-order valence-corrected chi connectivity index (χ3v) is 6.25. The van der Waals surface area contributed by atoms with Crippen molar-refractivity contribution in [1.29, 1.82) is 0 Å². The predicted octanol–water partition coefficient (Wildman–Crippen LogP) is 4.41. The molecule has 6 nitrogen and oxygen atoms in total. The molecule has 2 unspecified atom stereocenters. The molecular weight excluding hydrogens is 443 g/mol. The second kappa shape index (κ2) is 9.50. The molecule has 180 valence electrons. The van der Waals surface area contributed by atoms with Crippen molar-refractivity contribution in [3.8, 4) is 0 Å². The SMILES string of the molecule is CN(C)c1cccc(C(=O)NC2CCC[C@H](Nc3cc(C(F)(F)F)nc4ccccc34)C2N)c1. The highest BCUT2D eigenvalue weighted by atomic mass is 19.4. The van der Waals surface area contributed by atoms with Gasteiger partial charge in [-0.25, -0.2) is 4.98 Å². The Morgan fingerprint density at radius 1 is 1.06 bits per heavy atom. The molecule has 1 fully saturated rings. The number of alkyl halides is 3. The molecular formula is C25H28F3N5O. The molecule has 0 saturated heterocycles. The lowest BCUT2D eigenvalue weighted by molar-refractivity contribution is -0.140. The molecule has 4 rings (SSSR count). The predicted molar refractivity (Wildman–Crippen MR) is 128 cm³/mol. The van der Waals surface area contributed by atoms with E-state index in [0.29, 0.717) is 29.5 Å². The first-order chi connectivity index (χ1) is 16.1. The van der Waals surface area contributed by atoms with Gasteiger partial charge in [-0.15, -0.1) is 0 Å². The van der Waals surface area contributed by atoms with Crippen molar-refractivity contribution in [2.75, 3.05) is 24.3 Å². The van der Waals surface area contributed by atoms with E-state index in [-0.39, 0.29) is 23.5 Å². The van der Waals surface area contributed by atoms with E-state index in [4.69, 9.17) is 5.73 Å². The number of carbonyl (C=O) groups excluding carboxylic acids is 1. The summed E-state index contributed by atoms with van der Waals surface area (Å²) in [5.74, 6) is -0.224. The van der Waals surface area contributed by atoms with Gasteiger partial charge in [0.15, 0.2) is 0 Å². The van der Waals surface area contributed by atoms with E-state index in [2.05, 4.69) is 15.6 Å². The number of rotatable bonds is 5. The minimum Gasteiger partial charge on any atom is -0.380 e. The van der Waals surface area contributed by atoms with Gasteiger partial charge < -0.3 is 21.3 Å². The van der Waals surface area contributed by atoms with Crippen LogP contribution in [0.15, 0.2) is 54.6 Å². The molecule has 1 saturated carbocycles. The first-order valence-electron chi connectivity index (χ1n) is 11.2. The maximum atomic E-state index is 13.4. The van der Waals surface area contributed by atoms with Crippen LogP contribution in [-0.4, -0.2) is 43.1 Å². The summed E-state index contributed by atoms with van der Waals surface area (Å²) in [6.45, 7) is 0. The molecule has 0 bridgehead atoms. The van der Waals surface area contributed by atoms with Crippen LogP contribution in [0, 0.1) is 0 Å². The minimum absolute atomic E-state index is 0.224. The lowest BCUT2D eigenvalue weighted by Crippen LogP contribution is -2.57. The third-order valence-electron chi connectivity index (χ3n) is 6.25. The van der Waals surface area contributed by atoms with E-state index in [1.165, 1.54) is 0 Å². The molecule has 0 aliphatic heterocycles. The minimum atomic E-state index is -4.56. The number of amides is 1. The van der Waals surface area contributed by atoms with Crippen LogP contribution in [0.4, 0.5) is 24.5 Å². The summed E-state index contributed by atoms with van der Waals surface area (Å²) in [6, 6.07) is 13.9. The summed E-state index contributed by atoms with van der Waals surface area (Å²) in [7, 11) is 3.80. The molecule has 0 radical (unpaired) electrons. The number of hydrogen-bond donors (Lipinski definition) is 3. The summed E-state index contributed by atoms with van der Waals surface area (Å²) in [5.41, 5.74) is 7.60. The Morgan fingerprint density at radius 3 is 2.53 bits per heavy atom. The maximum Gasteiger partial charge on any atom is 0.433 e. The van der Waals surface area contributed by atoms with Crippen molar-refractivity contribution in [2.45, 2.75) is 43.6 Å². The Hall–Kier alpha value is -3.33. The number of fused-ring (bicyclic) bond motifs is 1. The summed E-state index contributed by atoms with van der Waals surface area (Å²) < 4.78 is 40.3. The number of aromatic nitrogens is 1. The fraction of sp³-hybridized carbons (Fsp3) is 0.360. The number of nitrogens with zero attached hydrogens (tertiary/aromatic N) is 2. The number of pyridine rings is 1. The van der Waals surface area contributed by atoms with E-state index in [1.807, 2.05) is 31.1 Å². The average molecular weight is 472 g/mol. The van der Waals surface area contributed by atoms with Crippen molar-refractivity contribution in [1.82, 2.24) is 10.3 Å². The normalized spacial score (nSPS) is 20.7. The van der Waals surface area contributed by atoms with E-state index >= 15 is 0 Å². The largest absolute Gasteiger partial charge is 0.433 e. The van der Waals surface area contributed by atoms with Gasteiger partial charge in [0, 0.05) is 54.5 Å². The van der Waals surface area contributed by atoms with Crippen molar-refractivity contribution >= 4 is 28.2 Å². The molecule has 4 N–H and O–H groups in total. The molecule has 1 aromatic heterocycles. The van der Waals surface area contributed by atoms with Crippen LogP contribution in [0.3, 0.4) is 0 Å². The standard InChI is InChI=1S/C25H28F3N5O/c1-33(2)16-8-5-7-15(13-16)24(34)32-20-12-6-11-19(23(20)29)30-21-14-22(25(26,27)28)31-18-10-4-3-9-17(18)21/h3-5,7-10,13-14,19-20,23H,6,11-12,29H2,1-2H3,(H,30,31)(H,32,34)/t19-,20?,23?/m0/s1. The zero-order valence-electron chi connectivity index (χ0n) is 19.1. The average Bonchev–Trinajstić information content (AvgIpc) is 2.81. The lowest BCUT2D eigenvalue weighted by Gasteiger charge is -2.37. The fourth-order valence-electron chi connectivity index (χ4n) is 4.38. The highest BCUT2D eigenvalue weighted by Gasteiger charge is 2.35. The van der Waals surface area contributed by atoms with Gasteiger partial charge in [0.25, 0.3) is 5.91 Å². The maximum absolute atomic E-state index is 13.4. The molecule has 2 aromatic carbocycles. The summed E-state index contributed by atoms with van der Waals surface area (Å²) in [5, 5.41) is 6.85. The van der Waals surface area contributed by atoms with Crippen LogP contribution in [0.25, 0.3) is 10.9 Å². The first-order valence-corrected chi connectivity index (χ1v) is 11.2. The van der Waals surface area contributed by atoms with Crippen LogP contribution in [-0.2, 0) is 6.18 Å². The molecule has 9 heteroatoms. The Balaban J connectivity index is 1.54. The molecule has 1 heterocycles. The number of nitrogens with one attached hydrogen (secondary N) is 2. The van der Waals surface area contributed by atoms with Gasteiger partial charge in [-0.2, -0.15) is 13.2 Å². The van der Waals surface area contributed by atoms with E-state index in [9.17, 15) is 18.0 Å². The smallest absolute Gasteiger partial charge is 0.380 e. The van der Waals surface area contributed by atoms with E-state index < -0.39 is 17.9 Å². The molecule has 3 atom stereocenters. The van der Waals surface area contributed by atoms with Crippen molar-refractivity contribution in [2.24, 2.45) is 5.73 Å². The highest BCUT2D eigenvalue weighted by molar-refractivity contribution is 5.95. The van der Waals surface area contributed by atoms with Crippen LogP contribution in [0.1, 0.15) is 35.3 Å². The Labute approximate surface area is 196 Å². The van der Waals surface area contributed by atoms with Gasteiger partial charge in [0.05, 0.1) is 5.52 Å². The van der Waals surface area contributed by atoms with Gasteiger partial charge >= 0.3 is 6.18 Å². The molecule has 3 aromatic rings. The number of carbonyl (C=O) groups is 1. The van der Waals surface area contributed by atoms with Gasteiger partial charge in [-0.05, 0) is 49.6 Å². The number of benzene rings is 2. The lowest BCUT2D eigenvalue weighted by atomic mass is 9.86. The van der Waals surface area contributed by atoms with Crippen LogP contribution in [0.5, 0.6) is 0 Å². The topological polar surface area (TPSA) is 83.3 Å². The highest BCUT2D eigenvalue weighted by Crippen LogP contribution is 2.34. The Morgan fingerprint density at radius 2 is 1.79 bits per heavy atom. The quantitative estimate of drug-likeness (QED) is 0.514. The van der Waals surface area contributed by atoms with Crippen LogP contribution in [0.2, 0.25) is 0 Å². The van der Waals surface area contributed by atoms with Crippen molar-refractivity contribution < 1.29 is 18.0 Å². The Kier molecular flexibility index (Phi) is 6.65. The summed E-state index contributed by atoms with van der Waals surface area (Å²) in [4.78, 5) is 18.6. The van der Waals surface area contributed by atoms with Crippen LogP contribution >= 0.6 is 0 Å². The second-order valence-electron chi connectivity index (χ2n) is 8.85. The fourth-order valence-corrected chi connectivity index (χ4v) is 4.38. The summed E-state index contributed by atoms with van der Waals surface area (Å²) >= 11 is 0. The van der Waals surface area contributed by atoms with Gasteiger partial charge in [0.1, 0.15) is 5.69 Å². The monoisotopic (exact) mass is 471 g/mol. The zero-order chi connectivity index (χ0) is 24.5. The summed E-state index contributed by atoms with van der Waals surface area (Å²) in [6.07, 6.45) is -2.40. The molecule has 1 aliphatic carbocycles. The molecule has 1 aliphatic rings. The Bertz CT molecular complexity index is 1180. The number of para-hydroxylation sites is 1.